The molecule has 2 N–H and O–H groups in total. The summed E-state index contributed by atoms with van der Waals surface area (Å²) in [4.78, 5) is 14.4. The van der Waals surface area contributed by atoms with Gasteiger partial charge in [0.05, 0.1) is 7.11 Å². The molecule has 1 saturated heterocycles. The average Bonchev–Trinajstić information content (AvgIpc) is 3.07. The normalized spacial score (nSPS) is 37.4. The van der Waals surface area contributed by atoms with Gasteiger partial charge in [-0.1, -0.05) is 12.8 Å². The second-order valence-corrected chi connectivity index (χ2v) is 7.29. The van der Waals surface area contributed by atoms with E-state index in [-0.39, 0.29) is 5.97 Å². The fraction of sp³-hybridized carbons (Fsp3) is 0.938. The van der Waals surface area contributed by atoms with Crippen LogP contribution >= 0.6 is 0 Å². The predicted molar refractivity (Wildman–Crippen MR) is 78.3 cm³/mol. The number of ether oxygens (including phenoxy) is 1. The van der Waals surface area contributed by atoms with Gasteiger partial charge in [0.1, 0.15) is 5.54 Å². The molecule has 2 aliphatic carbocycles. The lowest BCUT2D eigenvalue weighted by molar-refractivity contribution is -0.147. The molecule has 3 aliphatic rings. The van der Waals surface area contributed by atoms with Crippen LogP contribution in [0.2, 0.25) is 0 Å². The molecular formula is C16H28N2O2. The zero-order chi connectivity index (χ0) is 14.2. The topological polar surface area (TPSA) is 55.6 Å². The summed E-state index contributed by atoms with van der Waals surface area (Å²) in [6.07, 6.45) is 11.0. The number of nitrogens with two attached hydrogens (primary N) is 1. The molecule has 0 aromatic rings. The average molecular weight is 280 g/mol. The van der Waals surface area contributed by atoms with Crippen LogP contribution in [0.25, 0.3) is 0 Å². The van der Waals surface area contributed by atoms with Crippen LogP contribution in [0.1, 0.15) is 57.8 Å². The molecule has 4 nitrogen and oxygen atoms in total. The van der Waals surface area contributed by atoms with E-state index in [4.69, 9.17) is 10.5 Å². The first kappa shape index (κ1) is 14.3. The molecular weight excluding hydrogens is 252 g/mol. The van der Waals surface area contributed by atoms with Gasteiger partial charge in [-0.25, -0.2) is 0 Å². The Kier molecular flexibility index (Phi) is 3.80. The maximum absolute atomic E-state index is 11.8. The van der Waals surface area contributed by atoms with E-state index in [0.717, 1.165) is 19.3 Å². The molecule has 114 valence electrons. The Morgan fingerprint density at radius 3 is 2.40 bits per heavy atom. The third-order valence-electron chi connectivity index (χ3n) is 6.15. The van der Waals surface area contributed by atoms with Crippen molar-refractivity contribution in [2.45, 2.75) is 69.4 Å². The third-order valence-corrected chi connectivity index (χ3v) is 6.15. The van der Waals surface area contributed by atoms with Crippen molar-refractivity contribution in [1.29, 1.82) is 0 Å². The quantitative estimate of drug-likeness (QED) is 0.787. The number of hydrogen-bond donors (Lipinski definition) is 1. The van der Waals surface area contributed by atoms with E-state index in [0.29, 0.717) is 11.5 Å². The Balaban J connectivity index is 1.56. The second-order valence-electron chi connectivity index (χ2n) is 7.29. The highest BCUT2D eigenvalue weighted by molar-refractivity contribution is 5.81. The van der Waals surface area contributed by atoms with Crippen molar-refractivity contribution in [3.63, 3.8) is 0 Å². The molecule has 2 atom stereocenters. The van der Waals surface area contributed by atoms with Crippen molar-refractivity contribution in [1.82, 2.24) is 4.90 Å². The lowest BCUT2D eigenvalue weighted by Gasteiger charge is -2.42. The molecule has 0 amide bonds. The summed E-state index contributed by atoms with van der Waals surface area (Å²) in [5, 5.41) is 0. The van der Waals surface area contributed by atoms with Gasteiger partial charge in [-0.05, 0) is 63.5 Å². The van der Waals surface area contributed by atoms with Gasteiger partial charge in [-0.2, -0.15) is 0 Å². The van der Waals surface area contributed by atoms with Crippen molar-refractivity contribution in [2.75, 3.05) is 20.2 Å². The summed E-state index contributed by atoms with van der Waals surface area (Å²) >= 11 is 0. The number of piperidine rings is 1. The van der Waals surface area contributed by atoms with Crippen LogP contribution in [-0.4, -0.2) is 42.6 Å². The lowest BCUT2D eigenvalue weighted by atomic mass is 9.76. The second kappa shape index (κ2) is 5.30. The highest BCUT2D eigenvalue weighted by Crippen LogP contribution is 2.47. The Bertz CT molecular complexity index is 369. The molecule has 1 aliphatic heterocycles. The molecule has 2 unspecified atom stereocenters. The van der Waals surface area contributed by atoms with E-state index in [1.54, 1.807) is 0 Å². The SMILES string of the molecule is COC(=O)C1(N)CCC(N2CCC3(CCCC3)CC2)C1. The highest BCUT2D eigenvalue weighted by Gasteiger charge is 2.46. The van der Waals surface area contributed by atoms with E-state index in [1.165, 1.54) is 58.7 Å². The third kappa shape index (κ3) is 2.48. The molecule has 1 heterocycles. The van der Waals surface area contributed by atoms with Crippen molar-refractivity contribution in [2.24, 2.45) is 11.1 Å². The van der Waals surface area contributed by atoms with Gasteiger partial charge in [-0.3, -0.25) is 4.79 Å². The van der Waals surface area contributed by atoms with Crippen LogP contribution in [0.3, 0.4) is 0 Å². The number of methoxy groups -OCH3 is 1. The number of carbonyl (C=O) groups is 1. The van der Waals surface area contributed by atoms with Crippen LogP contribution < -0.4 is 5.73 Å². The maximum Gasteiger partial charge on any atom is 0.325 e. The molecule has 3 rings (SSSR count). The number of likely N-dealkylation sites (tertiary alicyclic amines) is 1. The zero-order valence-electron chi connectivity index (χ0n) is 12.7. The standard InChI is InChI=1S/C16H28N2O2/c1-20-14(19)16(17)7-4-13(12-16)18-10-8-15(9-11-18)5-2-3-6-15/h13H,2-12,17H2,1H3. The number of nitrogens with zero attached hydrogens (tertiary/aromatic N) is 1. The molecule has 0 aromatic heterocycles. The van der Waals surface area contributed by atoms with E-state index < -0.39 is 5.54 Å². The number of carbonyl (C=O) groups excluding carboxylic acids is 1. The first-order valence-electron chi connectivity index (χ1n) is 8.18. The van der Waals surface area contributed by atoms with Gasteiger partial charge >= 0.3 is 5.97 Å². The summed E-state index contributed by atoms with van der Waals surface area (Å²) in [6.45, 7) is 2.39. The van der Waals surface area contributed by atoms with Gasteiger partial charge < -0.3 is 15.4 Å². The largest absolute Gasteiger partial charge is 0.468 e. The van der Waals surface area contributed by atoms with Crippen molar-refractivity contribution >= 4 is 5.97 Å². The molecule has 0 radical (unpaired) electrons. The molecule has 3 fully saturated rings. The molecule has 0 bridgehead atoms. The summed E-state index contributed by atoms with van der Waals surface area (Å²) in [5.41, 5.74) is 6.15. The van der Waals surface area contributed by atoms with Crippen LogP contribution in [0.4, 0.5) is 0 Å². The summed E-state index contributed by atoms with van der Waals surface area (Å²) in [5.74, 6) is -0.232. The molecule has 1 spiro atoms. The van der Waals surface area contributed by atoms with E-state index >= 15 is 0 Å². The maximum atomic E-state index is 11.8. The van der Waals surface area contributed by atoms with Crippen molar-refractivity contribution in [3.05, 3.63) is 0 Å². The Morgan fingerprint density at radius 1 is 1.15 bits per heavy atom. The fourth-order valence-corrected chi connectivity index (χ4v) is 4.74. The van der Waals surface area contributed by atoms with Crippen LogP contribution in [0, 0.1) is 5.41 Å². The van der Waals surface area contributed by atoms with Gasteiger partial charge in [0, 0.05) is 6.04 Å². The molecule has 0 aromatic carbocycles. The lowest BCUT2D eigenvalue weighted by Crippen LogP contribution is -2.49. The smallest absolute Gasteiger partial charge is 0.325 e. The minimum absolute atomic E-state index is 0.232. The fourth-order valence-electron chi connectivity index (χ4n) is 4.74. The number of hydrogen-bond acceptors (Lipinski definition) is 4. The van der Waals surface area contributed by atoms with Crippen molar-refractivity contribution in [3.8, 4) is 0 Å². The Labute approximate surface area is 122 Å². The zero-order valence-corrected chi connectivity index (χ0v) is 12.7. The molecule has 20 heavy (non-hydrogen) atoms. The van der Waals surface area contributed by atoms with E-state index in [1.807, 2.05) is 0 Å². The minimum Gasteiger partial charge on any atom is -0.468 e. The minimum atomic E-state index is -0.734. The van der Waals surface area contributed by atoms with Crippen LogP contribution in [-0.2, 0) is 9.53 Å². The number of rotatable bonds is 2. The summed E-state index contributed by atoms with van der Waals surface area (Å²) in [7, 11) is 1.44. The van der Waals surface area contributed by atoms with Gasteiger partial charge in [-0.15, -0.1) is 0 Å². The molecule has 4 heteroatoms. The van der Waals surface area contributed by atoms with Crippen LogP contribution in [0.15, 0.2) is 0 Å². The molecule has 2 saturated carbocycles. The van der Waals surface area contributed by atoms with E-state index in [9.17, 15) is 4.79 Å². The first-order valence-corrected chi connectivity index (χ1v) is 8.18. The summed E-state index contributed by atoms with van der Waals surface area (Å²) in [6, 6.07) is 0.484. The highest BCUT2D eigenvalue weighted by atomic mass is 16.5. The Hall–Kier alpha value is -0.610. The van der Waals surface area contributed by atoms with Crippen molar-refractivity contribution < 1.29 is 9.53 Å². The predicted octanol–water partition coefficient (Wildman–Crippen LogP) is 2.07. The van der Waals surface area contributed by atoms with Gasteiger partial charge in [0.15, 0.2) is 0 Å². The van der Waals surface area contributed by atoms with Gasteiger partial charge in [0.25, 0.3) is 0 Å². The Morgan fingerprint density at radius 2 is 1.80 bits per heavy atom. The summed E-state index contributed by atoms with van der Waals surface area (Å²) < 4.78 is 4.87. The van der Waals surface area contributed by atoms with Crippen LogP contribution in [0.5, 0.6) is 0 Å². The first-order chi connectivity index (χ1) is 9.57. The number of esters is 1. The van der Waals surface area contributed by atoms with Gasteiger partial charge in [0.2, 0.25) is 0 Å². The monoisotopic (exact) mass is 280 g/mol. The van der Waals surface area contributed by atoms with E-state index in [2.05, 4.69) is 4.90 Å².